The summed E-state index contributed by atoms with van der Waals surface area (Å²) in [5, 5.41) is 0. The second-order valence-electron chi connectivity index (χ2n) is 7.24. The molecule has 1 aliphatic heterocycles. The third-order valence-corrected chi connectivity index (χ3v) is 5.64. The number of nitrogens with one attached hydrogen (secondary N) is 1. The van der Waals surface area contributed by atoms with Gasteiger partial charge < -0.3 is 0 Å². The predicted molar refractivity (Wildman–Crippen MR) is 88.0 cm³/mol. The Morgan fingerprint density at radius 2 is 1.71 bits per heavy atom. The van der Waals surface area contributed by atoms with E-state index in [2.05, 4.69) is 48.4 Å². The maximum Gasteiger partial charge on any atom is 0.0638 e. The molecule has 1 aliphatic carbocycles. The van der Waals surface area contributed by atoms with E-state index >= 15 is 0 Å². The summed E-state index contributed by atoms with van der Waals surface area (Å²) in [6, 6.07) is 9.34. The van der Waals surface area contributed by atoms with E-state index in [0.29, 0.717) is 0 Å². The Labute approximate surface area is 128 Å². The van der Waals surface area contributed by atoms with Crippen LogP contribution in [0.3, 0.4) is 0 Å². The van der Waals surface area contributed by atoms with Gasteiger partial charge in [-0.25, -0.2) is 0 Å². The molecule has 1 saturated heterocycles. The zero-order valence-electron chi connectivity index (χ0n) is 13.4. The van der Waals surface area contributed by atoms with Crippen LogP contribution in [0.4, 0.5) is 0 Å². The van der Waals surface area contributed by atoms with E-state index in [4.69, 9.17) is 5.84 Å². The molecule has 3 rings (SSSR count). The van der Waals surface area contributed by atoms with Crippen LogP contribution in [0.2, 0.25) is 0 Å². The van der Waals surface area contributed by atoms with Crippen molar-refractivity contribution in [2.45, 2.75) is 63.5 Å². The normalized spacial score (nSPS) is 22.2. The summed E-state index contributed by atoms with van der Waals surface area (Å²) in [6.07, 6.45) is 6.72. The molecule has 1 unspecified atom stereocenters. The summed E-state index contributed by atoms with van der Waals surface area (Å²) < 4.78 is 0. The first kappa shape index (κ1) is 15.0. The van der Waals surface area contributed by atoms with Crippen molar-refractivity contribution in [3.8, 4) is 0 Å². The maximum atomic E-state index is 5.92. The van der Waals surface area contributed by atoms with Gasteiger partial charge in [0.15, 0.2) is 0 Å². The van der Waals surface area contributed by atoms with Crippen molar-refractivity contribution in [2.75, 3.05) is 13.1 Å². The fraction of sp³-hybridized carbons (Fsp3) is 0.667. The maximum absolute atomic E-state index is 5.92. The van der Waals surface area contributed by atoms with Crippen molar-refractivity contribution in [3.05, 3.63) is 35.4 Å². The van der Waals surface area contributed by atoms with E-state index in [1.165, 1.54) is 56.3 Å². The van der Waals surface area contributed by atoms with Crippen LogP contribution in [0.5, 0.6) is 0 Å². The number of hydrogen-bond acceptors (Lipinski definition) is 3. The summed E-state index contributed by atoms with van der Waals surface area (Å²) in [6.45, 7) is 6.99. The van der Waals surface area contributed by atoms with Gasteiger partial charge in [-0.2, -0.15) is 0 Å². The number of rotatable bonds is 5. The van der Waals surface area contributed by atoms with Gasteiger partial charge in [0.1, 0.15) is 0 Å². The van der Waals surface area contributed by atoms with Gasteiger partial charge >= 0.3 is 0 Å². The van der Waals surface area contributed by atoms with Gasteiger partial charge in [0, 0.05) is 5.54 Å². The lowest BCUT2D eigenvalue weighted by Gasteiger charge is -2.42. The van der Waals surface area contributed by atoms with Crippen LogP contribution in [0.25, 0.3) is 0 Å². The van der Waals surface area contributed by atoms with Crippen LogP contribution in [-0.2, 0) is 0 Å². The molecule has 116 valence electrons. The highest BCUT2D eigenvalue weighted by atomic mass is 15.3. The molecule has 1 aromatic carbocycles. The highest BCUT2D eigenvalue weighted by Crippen LogP contribution is 2.38. The molecule has 0 spiro atoms. The Morgan fingerprint density at radius 3 is 2.19 bits per heavy atom. The fourth-order valence-corrected chi connectivity index (χ4v) is 3.89. The third-order valence-electron chi connectivity index (χ3n) is 5.64. The van der Waals surface area contributed by atoms with Gasteiger partial charge in [0.25, 0.3) is 0 Å². The Bertz CT molecular complexity index is 456. The molecule has 0 aromatic heterocycles. The first-order chi connectivity index (χ1) is 10.1. The SMILES string of the molecule is CC(C)(C(NN)c1ccc(C2CCC2)cc1)N1CCCC1. The van der Waals surface area contributed by atoms with Gasteiger partial charge in [-0.15, -0.1) is 0 Å². The van der Waals surface area contributed by atoms with E-state index in [9.17, 15) is 0 Å². The molecule has 1 aromatic rings. The molecule has 1 saturated carbocycles. The molecule has 1 atom stereocenters. The second-order valence-corrected chi connectivity index (χ2v) is 7.24. The number of nitrogens with two attached hydrogens (primary N) is 1. The zero-order valence-corrected chi connectivity index (χ0v) is 13.4. The number of hydrazine groups is 1. The number of likely N-dealkylation sites (tertiary alicyclic amines) is 1. The third kappa shape index (κ3) is 2.87. The average Bonchev–Trinajstić information content (AvgIpc) is 2.94. The Morgan fingerprint density at radius 1 is 1.10 bits per heavy atom. The quantitative estimate of drug-likeness (QED) is 0.645. The molecule has 1 heterocycles. The van der Waals surface area contributed by atoms with Crippen LogP contribution >= 0.6 is 0 Å². The summed E-state index contributed by atoms with van der Waals surface area (Å²) in [7, 11) is 0. The van der Waals surface area contributed by atoms with E-state index in [-0.39, 0.29) is 11.6 Å². The molecule has 3 nitrogen and oxygen atoms in total. The Balaban J connectivity index is 1.78. The molecule has 3 heteroatoms. The first-order valence-corrected chi connectivity index (χ1v) is 8.44. The first-order valence-electron chi connectivity index (χ1n) is 8.44. The van der Waals surface area contributed by atoms with Crippen molar-refractivity contribution >= 4 is 0 Å². The molecule has 0 amide bonds. The predicted octanol–water partition coefficient (Wildman–Crippen LogP) is 3.33. The Kier molecular flexibility index (Phi) is 4.34. The van der Waals surface area contributed by atoms with Crippen molar-refractivity contribution in [2.24, 2.45) is 5.84 Å². The number of benzene rings is 1. The van der Waals surface area contributed by atoms with Crippen LogP contribution in [0, 0.1) is 0 Å². The monoisotopic (exact) mass is 287 g/mol. The fourth-order valence-electron chi connectivity index (χ4n) is 3.89. The number of hydrogen-bond donors (Lipinski definition) is 2. The lowest BCUT2D eigenvalue weighted by atomic mass is 9.79. The van der Waals surface area contributed by atoms with Crippen molar-refractivity contribution in [3.63, 3.8) is 0 Å². The summed E-state index contributed by atoms with van der Waals surface area (Å²) in [5.74, 6) is 6.72. The molecule has 3 N–H and O–H groups in total. The van der Waals surface area contributed by atoms with Gasteiger partial charge in [-0.05, 0) is 69.7 Å². The van der Waals surface area contributed by atoms with Crippen LogP contribution in [-0.4, -0.2) is 23.5 Å². The van der Waals surface area contributed by atoms with Crippen molar-refractivity contribution in [1.82, 2.24) is 10.3 Å². The minimum atomic E-state index is 0.0449. The highest BCUT2D eigenvalue weighted by molar-refractivity contribution is 5.30. The summed E-state index contributed by atoms with van der Waals surface area (Å²) in [5.41, 5.74) is 5.92. The smallest absolute Gasteiger partial charge is 0.0638 e. The molecular weight excluding hydrogens is 258 g/mol. The lowest BCUT2D eigenvalue weighted by Crippen LogP contribution is -2.53. The molecular formula is C18H29N3. The van der Waals surface area contributed by atoms with Crippen LogP contribution < -0.4 is 11.3 Å². The van der Waals surface area contributed by atoms with E-state index in [1.807, 2.05) is 0 Å². The summed E-state index contributed by atoms with van der Waals surface area (Å²) >= 11 is 0. The van der Waals surface area contributed by atoms with Crippen LogP contribution in [0.15, 0.2) is 24.3 Å². The zero-order chi connectivity index (χ0) is 14.9. The highest BCUT2D eigenvalue weighted by Gasteiger charge is 2.37. The molecule has 21 heavy (non-hydrogen) atoms. The van der Waals surface area contributed by atoms with Crippen LogP contribution in [0.1, 0.15) is 69.0 Å². The van der Waals surface area contributed by atoms with E-state index in [1.54, 1.807) is 0 Å². The molecule has 0 bridgehead atoms. The van der Waals surface area contributed by atoms with Gasteiger partial charge in [-0.3, -0.25) is 16.2 Å². The number of nitrogens with zero attached hydrogens (tertiary/aromatic N) is 1. The lowest BCUT2D eigenvalue weighted by molar-refractivity contribution is 0.107. The van der Waals surface area contributed by atoms with Gasteiger partial charge in [0.2, 0.25) is 0 Å². The summed E-state index contributed by atoms with van der Waals surface area (Å²) in [4.78, 5) is 2.57. The van der Waals surface area contributed by atoms with E-state index < -0.39 is 0 Å². The minimum Gasteiger partial charge on any atom is -0.296 e. The van der Waals surface area contributed by atoms with Crippen molar-refractivity contribution < 1.29 is 0 Å². The molecule has 0 radical (unpaired) electrons. The standard InChI is InChI=1S/C18H29N3/c1-18(2,21-12-3-4-13-21)17(20-19)16-10-8-15(9-11-16)14-6-5-7-14/h8-11,14,17,20H,3-7,12-13,19H2,1-2H3. The second kappa shape index (κ2) is 6.07. The van der Waals surface area contributed by atoms with E-state index in [0.717, 1.165) is 5.92 Å². The average molecular weight is 287 g/mol. The molecule has 2 fully saturated rings. The molecule has 2 aliphatic rings. The topological polar surface area (TPSA) is 41.3 Å². The Hall–Kier alpha value is -0.900. The van der Waals surface area contributed by atoms with Gasteiger partial charge in [0.05, 0.1) is 6.04 Å². The van der Waals surface area contributed by atoms with Gasteiger partial charge in [-0.1, -0.05) is 30.7 Å². The van der Waals surface area contributed by atoms with Crippen molar-refractivity contribution in [1.29, 1.82) is 0 Å². The minimum absolute atomic E-state index is 0.0449. The largest absolute Gasteiger partial charge is 0.296 e.